The van der Waals surface area contributed by atoms with Gasteiger partial charge in [0.15, 0.2) is 0 Å². The molecule has 0 radical (unpaired) electrons. The number of carbonyl (C=O) groups is 1. The van der Waals surface area contributed by atoms with Crippen LogP contribution in [0, 0.1) is 18.2 Å². The van der Waals surface area contributed by atoms with Gasteiger partial charge >= 0.3 is 0 Å². The minimum atomic E-state index is -0.807. The lowest BCUT2D eigenvalue weighted by Gasteiger charge is -2.20. The van der Waals surface area contributed by atoms with Crippen LogP contribution >= 0.6 is 15.9 Å². The summed E-state index contributed by atoms with van der Waals surface area (Å²) in [5.74, 6) is 1.29. The van der Waals surface area contributed by atoms with E-state index < -0.39 is 17.3 Å². The Morgan fingerprint density at radius 2 is 2.19 bits per heavy atom. The number of carbonyl (C=O) groups excluding carboxylic acids is 1. The molecule has 0 atom stereocenters. The smallest absolute Gasteiger partial charge is 0.256 e. The molecule has 0 unspecified atom stereocenters. The molecular weight excluding hydrogens is 273 g/mol. The van der Waals surface area contributed by atoms with Crippen molar-refractivity contribution in [2.45, 2.75) is 19.4 Å². The fourth-order valence-electron chi connectivity index (χ4n) is 1.10. The normalized spacial score (nSPS) is 10.7. The Morgan fingerprint density at radius 3 is 2.69 bits per heavy atom. The van der Waals surface area contributed by atoms with Crippen molar-refractivity contribution >= 4 is 21.8 Å². The van der Waals surface area contributed by atoms with Crippen LogP contribution in [0.5, 0.6) is 0 Å². The van der Waals surface area contributed by atoms with Gasteiger partial charge in [0.1, 0.15) is 5.82 Å². The minimum absolute atomic E-state index is 0.0363. The average Bonchev–Trinajstić information content (AvgIpc) is 2.16. The van der Waals surface area contributed by atoms with E-state index in [9.17, 15) is 9.18 Å². The predicted octanol–water partition coefficient (Wildman–Crippen LogP) is 2.73. The van der Waals surface area contributed by atoms with Crippen molar-refractivity contribution in [2.24, 2.45) is 0 Å². The van der Waals surface area contributed by atoms with Crippen molar-refractivity contribution in [3.8, 4) is 12.3 Å². The third-order valence-corrected chi connectivity index (χ3v) is 2.64. The summed E-state index contributed by atoms with van der Waals surface area (Å²) in [6, 6.07) is 4.34. The Balaban J connectivity index is 3.04. The minimum Gasteiger partial charge on any atom is -0.336 e. The molecule has 16 heavy (non-hydrogen) atoms. The highest BCUT2D eigenvalue weighted by molar-refractivity contribution is 9.10. The first kappa shape index (κ1) is 12.7. The van der Waals surface area contributed by atoms with Gasteiger partial charge in [0.2, 0.25) is 0 Å². The van der Waals surface area contributed by atoms with Gasteiger partial charge in [-0.15, -0.1) is 6.42 Å². The first-order chi connectivity index (χ1) is 7.37. The summed E-state index contributed by atoms with van der Waals surface area (Å²) in [5.41, 5.74) is -0.843. The van der Waals surface area contributed by atoms with E-state index in [1.165, 1.54) is 12.1 Å². The molecule has 0 spiro atoms. The van der Waals surface area contributed by atoms with Crippen LogP contribution in [0.3, 0.4) is 0 Å². The molecule has 0 aliphatic rings. The molecule has 0 saturated heterocycles. The average molecular weight is 284 g/mol. The van der Waals surface area contributed by atoms with Crippen LogP contribution in [0.15, 0.2) is 22.7 Å². The van der Waals surface area contributed by atoms with Gasteiger partial charge in [-0.1, -0.05) is 12.0 Å². The number of halogens is 2. The Kier molecular flexibility index (Phi) is 3.71. The zero-order valence-electron chi connectivity index (χ0n) is 8.97. The van der Waals surface area contributed by atoms with Gasteiger partial charge in [0, 0.05) is 4.47 Å². The van der Waals surface area contributed by atoms with E-state index in [4.69, 9.17) is 6.42 Å². The molecule has 0 aliphatic heterocycles. The zero-order chi connectivity index (χ0) is 12.3. The number of amides is 1. The van der Waals surface area contributed by atoms with Gasteiger partial charge < -0.3 is 5.32 Å². The summed E-state index contributed by atoms with van der Waals surface area (Å²) in [6.45, 7) is 3.33. The monoisotopic (exact) mass is 283 g/mol. The second kappa shape index (κ2) is 4.67. The van der Waals surface area contributed by atoms with Crippen LogP contribution < -0.4 is 5.32 Å². The van der Waals surface area contributed by atoms with E-state index in [-0.39, 0.29) is 5.56 Å². The summed E-state index contributed by atoms with van der Waals surface area (Å²) >= 11 is 3.12. The molecule has 0 bridgehead atoms. The largest absolute Gasteiger partial charge is 0.336 e. The van der Waals surface area contributed by atoms with Crippen LogP contribution in [-0.4, -0.2) is 11.4 Å². The third kappa shape index (κ3) is 2.83. The number of nitrogens with one attached hydrogen (secondary N) is 1. The highest BCUT2D eigenvalue weighted by atomic mass is 79.9. The Hall–Kier alpha value is -1.34. The van der Waals surface area contributed by atoms with Gasteiger partial charge in [0.05, 0.1) is 11.1 Å². The molecule has 4 heteroatoms. The van der Waals surface area contributed by atoms with Crippen molar-refractivity contribution in [3.63, 3.8) is 0 Å². The van der Waals surface area contributed by atoms with Crippen molar-refractivity contribution in [1.29, 1.82) is 0 Å². The first-order valence-electron chi connectivity index (χ1n) is 4.61. The van der Waals surface area contributed by atoms with E-state index in [1.54, 1.807) is 19.9 Å². The third-order valence-electron chi connectivity index (χ3n) is 1.98. The zero-order valence-corrected chi connectivity index (χ0v) is 10.6. The van der Waals surface area contributed by atoms with Gasteiger partial charge in [0.25, 0.3) is 5.91 Å². The lowest BCUT2D eigenvalue weighted by molar-refractivity contribution is 0.0925. The maximum Gasteiger partial charge on any atom is 0.256 e. The second-order valence-corrected chi connectivity index (χ2v) is 4.67. The second-order valence-electron chi connectivity index (χ2n) is 3.82. The molecule has 0 fully saturated rings. The maximum atomic E-state index is 13.4. The molecule has 1 amide bonds. The van der Waals surface area contributed by atoms with Gasteiger partial charge in [-0.05, 0) is 41.9 Å². The van der Waals surface area contributed by atoms with E-state index in [1.807, 2.05) is 0 Å². The fourth-order valence-corrected chi connectivity index (χ4v) is 1.62. The Labute approximate surface area is 102 Å². The molecular formula is C12H11BrFNO. The fraction of sp³-hybridized carbons (Fsp3) is 0.250. The number of hydrogen-bond acceptors (Lipinski definition) is 1. The van der Waals surface area contributed by atoms with E-state index in [0.29, 0.717) is 4.47 Å². The van der Waals surface area contributed by atoms with Crippen molar-refractivity contribution < 1.29 is 9.18 Å². The SMILES string of the molecule is C#CC(C)(C)NC(=O)c1c(F)cccc1Br. The highest BCUT2D eigenvalue weighted by Crippen LogP contribution is 2.20. The highest BCUT2D eigenvalue weighted by Gasteiger charge is 2.22. The van der Waals surface area contributed by atoms with Gasteiger partial charge in [-0.2, -0.15) is 0 Å². The summed E-state index contributed by atoms with van der Waals surface area (Å²) < 4.78 is 13.8. The summed E-state index contributed by atoms with van der Waals surface area (Å²) in [4.78, 5) is 11.8. The molecule has 0 saturated carbocycles. The van der Waals surface area contributed by atoms with Crippen LogP contribution in [0.25, 0.3) is 0 Å². The van der Waals surface area contributed by atoms with Crippen molar-refractivity contribution in [3.05, 3.63) is 34.1 Å². The Bertz CT molecular complexity index is 442. The van der Waals surface area contributed by atoms with Gasteiger partial charge in [-0.25, -0.2) is 4.39 Å². The van der Waals surface area contributed by atoms with E-state index in [0.717, 1.165) is 0 Å². The lowest BCUT2D eigenvalue weighted by atomic mass is 10.1. The molecule has 1 aromatic carbocycles. The molecule has 1 rings (SSSR count). The molecule has 1 N–H and O–H groups in total. The summed E-state index contributed by atoms with van der Waals surface area (Å²) in [7, 11) is 0. The quantitative estimate of drug-likeness (QED) is 0.831. The van der Waals surface area contributed by atoms with Crippen LogP contribution in [0.4, 0.5) is 4.39 Å². The van der Waals surface area contributed by atoms with Crippen molar-refractivity contribution in [2.75, 3.05) is 0 Å². The standard InChI is InChI=1S/C12H11BrFNO/c1-4-12(2,3)15-11(16)10-8(13)6-5-7-9(10)14/h1,5-7H,2-3H3,(H,15,16). The molecule has 0 heterocycles. The van der Waals surface area contributed by atoms with E-state index in [2.05, 4.69) is 27.2 Å². The predicted molar refractivity (Wildman–Crippen MR) is 64.5 cm³/mol. The van der Waals surface area contributed by atoms with Crippen molar-refractivity contribution in [1.82, 2.24) is 5.32 Å². The Morgan fingerprint density at radius 1 is 1.56 bits per heavy atom. The topological polar surface area (TPSA) is 29.1 Å². The van der Waals surface area contributed by atoms with Crippen LogP contribution in [-0.2, 0) is 0 Å². The molecule has 0 aromatic heterocycles. The maximum absolute atomic E-state index is 13.4. The number of benzene rings is 1. The lowest BCUT2D eigenvalue weighted by Crippen LogP contribution is -2.42. The number of terminal acetylenes is 1. The molecule has 0 aliphatic carbocycles. The number of rotatable bonds is 2. The van der Waals surface area contributed by atoms with Gasteiger partial charge in [-0.3, -0.25) is 4.79 Å². The molecule has 84 valence electrons. The van der Waals surface area contributed by atoms with Crippen LogP contribution in [0.2, 0.25) is 0 Å². The van der Waals surface area contributed by atoms with Crippen LogP contribution in [0.1, 0.15) is 24.2 Å². The summed E-state index contributed by atoms with van der Waals surface area (Å²) in [5, 5.41) is 2.56. The van der Waals surface area contributed by atoms with E-state index >= 15 is 0 Å². The molecule has 1 aromatic rings. The first-order valence-corrected chi connectivity index (χ1v) is 5.41. The molecule has 2 nitrogen and oxygen atoms in total. The summed E-state index contributed by atoms with van der Waals surface area (Å²) in [6.07, 6.45) is 5.24. The number of hydrogen-bond donors (Lipinski definition) is 1.